The number of para-hydroxylation sites is 4. The van der Waals surface area contributed by atoms with Crippen LogP contribution in [0.2, 0.25) is 0 Å². The van der Waals surface area contributed by atoms with Gasteiger partial charge in [-0.25, -0.2) is 0 Å². The lowest BCUT2D eigenvalue weighted by Crippen LogP contribution is -1.92. The predicted molar refractivity (Wildman–Crippen MR) is 168 cm³/mol. The molecule has 0 saturated carbocycles. The van der Waals surface area contributed by atoms with E-state index in [0.717, 1.165) is 0 Å². The Hall–Kier alpha value is -4.86. The fraction of sp³-hybridized carbons (Fsp3) is 0. The number of fused-ring (bicyclic) bond motifs is 9. The Balaban J connectivity index is 1.41. The summed E-state index contributed by atoms with van der Waals surface area (Å²) in [6.45, 7) is 0. The summed E-state index contributed by atoms with van der Waals surface area (Å²) < 4.78 is 7.45. The Bertz CT molecular complexity index is 2200. The van der Waals surface area contributed by atoms with Gasteiger partial charge in [-0.3, -0.25) is 0 Å². The summed E-state index contributed by atoms with van der Waals surface area (Å²) in [5, 5.41) is 7.84. The predicted octanol–water partition coefficient (Wildman–Crippen LogP) is 10.2. The van der Waals surface area contributed by atoms with E-state index in [0.29, 0.717) is 0 Å². The Morgan fingerprint density at radius 1 is 0.333 bits per heavy atom. The maximum Gasteiger partial charge on any atom is 0.0555 e. The Morgan fingerprint density at radius 2 is 0.744 bits per heavy atom. The number of benzene rings is 6. The van der Waals surface area contributed by atoms with Gasteiger partial charge in [-0.1, -0.05) is 72.8 Å². The van der Waals surface area contributed by atoms with Crippen LogP contribution in [-0.4, -0.2) is 9.13 Å². The fourth-order valence-corrected chi connectivity index (χ4v) is 7.55. The third-order valence-corrected chi connectivity index (χ3v) is 9.20. The van der Waals surface area contributed by atoms with E-state index in [9.17, 15) is 0 Å². The lowest BCUT2D eigenvalue weighted by Gasteiger charge is -2.07. The topological polar surface area (TPSA) is 9.86 Å². The SMILES string of the molecule is c1ccc(-n2c3ccccc3c3cc4c(cc32)sc2cc3c(cc24)c2ccccc2n3-c2ccccc2)cc1. The van der Waals surface area contributed by atoms with Gasteiger partial charge < -0.3 is 9.13 Å². The van der Waals surface area contributed by atoms with E-state index in [1.165, 1.54) is 75.2 Å². The van der Waals surface area contributed by atoms with Crippen molar-refractivity contribution in [3.8, 4) is 11.4 Å². The Morgan fingerprint density at radius 3 is 1.21 bits per heavy atom. The van der Waals surface area contributed by atoms with Crippen molar-refractivity contribution >= 4 is 75.1 Å². The average Bonchev–Trinajstić information content (AvgIpc) is 3.62. The maximum absolute atomic E-state index is 2.42. The van der Waals surface area contributed by atoms with Crippen LogP contribution in [0.4, 0.5) is 0 Å². The first kappa shape index (κ1) is 21.1. The van der Waals surface area contributed by atoms with Crippen LogP contribution < -0.4 is 0 Å². The van der Waals surface area contributed by atoms with E-state index in [-0.39, 0.29) is 0 Å². The fourth-order valence-electron chi connectivity index (χ4n) is 6.41. The highest BCUT2D eigenvalue weighted by Gasteiger charge is 2.18. The average molecular weight is 515 g/mol. The van der Waals surface area contributed by atoms with E-state index in [4.69, 9.17) is 0 Å². The smallest absolute Gasteiger partial charge is 0.0555 e. The molecular weight excluding hydrogens is 492 g/mol. The molecule has 2 nitrogen and oxygen atoms in total. The zero-order valence-corrected chi connectivity index (χ0v) is 21.8. The molecule has 39 heavy (non-hydrogen) atoms. The summed E-state index contributed by atoms with van der Waals surface area (Å²) >= 11 is 1.89. The van der Waals surface area contributed by atoms with Crippen LogP contribution >= 0.6 is 11.3 Å². The van der Waals surface area contributed by atoms with E-state index < -0.39 is 0 Å². The Kier molecular flexibility index (Phi) is 4.24. The van der Waals surface area contributed by atoms with Gasteiger partial charge in [0.2, 0.25) is 0 Å². The van der Waals surface area contributed by atoms with E-state index >= 15 is 0 Å². The lowest BCUT2D eigenvalue weighted by atomic mass is 10.1. The van der Waals surface area contributed by atoms with Crippen molar-refractivity contribution in [1.82, 2.24) is 9.13 Å². The molecule has 0 fully saturated rings. The van der Waals surface area contributed by atoms with Crippen molar-refractivity contribution in [3.63, 3.8) is 0 Å². The van der Waals surface area contributed by atoms with Crippen molar-refractivity contribution in [1.29, 1.82) is 0 Å². The molecule has 0 unspecified atom stereocenters. The normalized spacial score (nSPS) is 12.1. The van der Waals surface area contributed by atoms with Gasteiger partial charge in [-0.2, -0.15) is 0 Å². The zero-order chi connectivity index (χ0) is 25.5. The molecule has 0 bridgehead atoms. The van der Waals surface area contributed by atoms with E-state index in [1.54, 1.807) is 0 Å². The van der Waals surface area contributed by atoms with E-state index in [1.807, 2.05) is 11.3 Å². The maximum atomic E-state index is 2.42. The molecule has 0 saturated heterocycles. The third-order valence-electron chi connectivity index (χ3n) is 8.09. The standard InChI is InChI=1S/C36H22N2S/c1-3-11-23(12-4-1)37-31-17-9-7-15-25(31)27-19-29-30-20-28-26-16-8-10-18-32(26)38(24-13-5-2-6-14-24)34(28)22-36(30)39-35(29)21-33(27)37/h1-22H. The molecule has 182 valence electrons. The molecule has 0 radical (unpaired) electrons. The van der Waals surface area contributed by atoms with Crippen molar-refractivity contribution in [3.05, 3.63) is 133 Å². The second-order valence-electron chi connectivity index (χ2n) is 10.2. The number of thiophene rings is 1. The minimum atomic E-state index is 1.19. The minimum absolute atomic E-state index is 1.19. The third kappa shape index (κ3) is 2.91. The second-order valence-corrected chi connectivity index (χ2v) is 11.3. The van der Waals surface area contributed by atoms with Crippen LogP contribution in [0.25, 0.3) is 75.2 Å². The van der Waals surface area contributed by atoms with Gasteiger partial charge in [0.15, 0.2) is 0 Å². The van der Waals surface area contributed by atoms with Crippen LogP contribution in [0.1, 0.15) is 0 Å². The largest absolute Gasteiger partial charge is 0.309 e. The van der Waals surface area contributed by atoms with Crippen LogP contribution in [0.3, 0.4) is 0 Å². The molecule has 0 spiro atoms. The molecule has 0 N–H and O–H groups in total. The molecule has 3 heterocycles. The highest BCUT2D eigenvalue weighted by molar-refractivity contribution is 7.26. The molecule has 3 aromatic heterocycles. The Labute approximate surface area is 228 Å². The molecule has 9 rings (SSSR count). The molecule has 3 heteroatoms. The first-order valence-corrected chi connectivity index (χ1v) is 14.1. The summed E-state index contributed by atoms with van der Waals surface area (Å²) in [5.74, 6) is 0. The number of aromatic nitrogens is 2. The van der Waals surface area contributed by atoms with Crippen LogP contribution in [-0.2, 0) is 0 Å². The zero-order valence-electron chi connectivity index (χ0n) is 21.0. The molecular formula is C36H22N2S. The highest BCUT2D eigenvalue weighted by atomic mass is 32.1. The summed E-state index contributed by atoms with van der Waals surface area (Å²) in [6, 6.07) is 48.6. The molecule has 0 amide bonds. The quantitative estimate of drug-likeness (QED) is 0.217. The minimum Gasteiger partial charge on any atom is -0.309 e. The summed E-state index contributed by atoms with van der Waals surface area (Å²) in [4.78, 5) is 0. The van der Waals surface area contributed by atoms with Crippen molar-refractivity contribution < 1.29 is 0 Å². The van der Waals surface area contributed by atoms with Gasteiger partial charge in [0.05, 0.1) is 22.1 Å². The van der Waals surface area contributed by atoms with Gasteiger partial charge in [-0.15, -0.1) is 11.3 Å². The molecule has 0 atom stereocenters. The van der Waals surface area contributed by atoms with E-state index in [2.05, 4.69) is 143 Å². The molecule has 9 aromatic rings. The monoisotopic (exact) mass is 514 g/mol. The van der Waals surface area contributed by atoms with Crippen LogP contribution in [0, 0.1) is 0 Å². The van der Waals surface area contributed by atoms with Crippen molar-refractivity contribution in [2.24, 2.45) is 0 Å². The number of nitrogens with zero attached hydrogens (tertiary/aromatic N) is 2. The van der Waals surface area contributed by atoms with Gasteiger partial charge >= 0.3 is 0 Å². The molecule has 0 aliphatic heterocycles. The van der Waals surface area contributed by atoms with Gasteiger partial charge in [0.25, 0.3) is 0 Å². The number of rotatable bonds is 2. The molecule has 0 aliphatic carbocycles. The van der Waals surface area contributed by atoms with Crippen LogP contribution in [0.5, 0.6) is 0 Å². The van der Waals surface area contributed by atoms with Crippen LogP contribution in [0.15, 0.2) is 133 Å². The number of hydrogen-bond acceptors (Lipinski definition) is 1. The van der Waals surface area contributed by atoms with Gasteiger partial charge in [-0.05, 0) is 60.7 Å². The van der Waals surface area contributed by atoms with Gasteiger partial charge in [0, 0.05) is 53.1 Å². The first-order chi connectivity index (χ1) is 19.3. The molecule has 6 aromatic carbocycles. The number of hydrogen-bond donors (Lipinski definition) is 0. The lowest BCUT2D eigenvalue weighted by molar-refractivity contribution is 1.18. The molecule has 0 aliphatic rings. The van der Waals surface area contributed by atoms with Crippen molar-refractivity contribution in [2.45, 2.75) is 0 Å². The summed E-state index contributed by atoms with van der Waals surface area (Å²) in [5.41, 5.74) is 7.38. The van der Waals surface area contributed by atoms with Crippen molar-refractivity contribution in [2.75, 3.05) is 0 Å². The van der Waals surface area contributed by atoms with Gasteiger partial charge in [0.1, 0.15) is 0 Å². The summed E-state index contributed by atoms with van der Waals surface area (Å²) in [7, 11) is 0. The highest BCUT2D eigenvalue weighted by Crippen LogP contribution is 2.43. The first-order valence-electron chi connectivity index (χ1n) is 13.3. The second kappa shape index (κ2) is 7.83. The summed E-state index contributed by atoms with van der Waals surface area (Å²) in [6.07, 6.45) is 0.